The molecular formula is C9H7ClN2O. The van der Waals surface area contributed by atoms with Crippen LogP contribution in [-0.4, -0.2) is 9.38 Å². The lowest BCUT2D eigenvalue weighted by Crippen LogP contribution is -2.13. The van der Waals surface area contributed by atoms with Crippen molar-refractivity contribution in [1.29, 1.82) is 0 Å². The fraction of sp³-hybridized carbons (Fsp3) is 0.111. The van der Waals surface area contributed by atoms with Gasteiger partial charge in [-0.1, -0.05) is 11.6 Å². The predicted molar refractivity (Wildman–Crippen MR) is 51.2 cm³/mol. The summed E-state index contributed by atoms with van der Waals surface area (Å²) in [6, 6.07) is 4.96. The molecule has 0 atom stereocenters. The van der Waals surface area contributed by atoms with E-state index in [1.165, 1.54) is 10.5 Å². The summed E-state index contributed by atoms with van der Waals surface area (Å²) in [5.74, 6) is 0. The lowest BCUT2D eigenvalue weighted by molar-refractivity contribution is 1.04. The van der Waals surface area contributed by atoms with Gasteiger partial charge >= 0.3 is 0 Å². The Morgan fingerprint density at radius 1 is 1.46 bits per heavy atom. The Hall–Kier alpha value is -1.35. The summed E-state index contributed by atoms with van der Waals surface area (Å²) in [6.45, 7) is 1.94. The average Bonchev–Trinajstić information content (AvgIpc) is 2.02. The van der Waals surface area contributed by atoms with Gasteiger partial charge in [0, 0.05) is 12.3 Å². The standard InChI is InChI=1S/C9H7ClN2O/c1-6-2-3-12-8(4-6)11-7(10)5-9(12)13/h2-5H,1H3. The predicted octanol–water partition coefficient (Wildman–Crippen LogP) is 1.66. The normalized spacial score (nSPS) is 10.6. The summed E-state index contributed by atoms with van der Waals surface area (Å²) < 4.78 is 1.46. The van der Waals surface area contributed by atoms with Gasteiger partial charge in [-0.05, 0) is 24.6 Å². The quantitative estimate of drug-likeness (QED) is 0.598. The van der Waals surface area contributed by atoms with Gasteiger partial charge in [0.15, 0.2) is 0 Å². The van der Waals surface area contributed by atoms with Gasteiger partial charge in [0.2, 0.25) is 0 Å². The minimum absolute atomic E-state index is 0.157. The van der Waals surface area contributed by atoms with E-state index in [9.17, 15) is 4.79 Å². The Labute approximate surface area is 79.6 Å². The van der Waals surface area contributed by atoms with Crippen molar-refractivity contribution in [2.24, 2.45) is 0 Å². The van der Waals surface area contributed by atoms with Crippen LogP contribution in [0.3, 0.4) is 0 Å². The molecule has 0 aromatic carbocycles. The Bertz CT molecular complexity index is 513. The highest BCUT2D eigenvalue weighted by Crippen LogP contribution is 2.05. The first-order chi connectivity index (χ1) is 6.16. The third-order valence-corrected chi connectivity index (χ3v) is 1.99. The van der Waals surface area contributed by atoms with Crippen molar-refractivity contribution in [2.45, 2.75) is 6.92 Å². The van der Waals surface area contributed by atoms with Crippen molar-refractivity contribution >= 4 is 17.2 Å². The second-order valence-corrected chi connectivity index (χ2v) is 3.24. The molecule has 0 fully saturated rings. The maximum Gasteiger partial charge on any atom is 0.259 e. The van der Waals surface area contributed by atoms with E-state index in [1.807, 2.05) is 19.1 Å². The van der Waals surface area contributed by atoms with Gasteiger partial charge in [0.05, 0.1) is 0 Å². The number of halogens is 1. The molecule has 0 aliphatic carbocycles. The van der Waals surface area contributed by atoms with Crippen LogP contribution in [0, 0.1) is 6.92 Å². The number of aryl methyl sites for hydroxylation is 1. The SMILES string of the molecule is Cc1ccn2c(=O)cc(Cl)nc2c1. The zero-order chi connectivity index (χ0) is 9.42. The molecule has 66 valence electrons. The molecule has 0 saturated carbocycles. The molecule has 0 N–H and O–H groups in total. The Morgan fingerprint density at radius 2 is 2.23 bits per heavy atom. The van der Waals surface area contributed by atoms with Gasteiger partial charge in [0.1, 0.15) is 10.8 Å². The zero-order valence-corrected chi connectivity index (χ0v) is 7.75. The van der Waals surface area contributed by atoms with E-state index in [-0.39, 0.29) is 10.7 Å². The third-order valence-electron chi connectivity index (χ3n) is 1.79. The molecular weight excluding hydrogens is 188 g/mol. The first-order valence-corrected chi connectivity index (χ1v) is 4.20. The monoisotopic (exact) mass is 194 g/mol. The van der Waals surface area contributed by atoms with Crippen LogP contribution in [0.4, 0.5) is 0 Å². The molecule has 0 aliphatic rings. The molecule has 0 aliphatic heterocycles. The van der Waals surface area contributed by atoms with Crippen LogP contribution < -0.4 is 5.56 Å². The maximum atomic E-state index is 11.3. The van der Waals surface area contributed by atoms with E-state index in [2.05, 4.69) is 4.98 Å². The molecule has 0 saturated heterocycles. The molecule has 2 aromatic rings. The second kappa shape index (κ2) is 2.85. The molecule has 4 heteroatoms. The van der Waals surface area contributed by atoms with E-state index >= 15 is 0 Å². The fourth-order valence-corrected chi connectivity index (χ4v) is 1.36. The van der Waals surface area contributed by atoms with Gasteiger partial charge in [-0.3, -0.25) is 9.20 Å². The van der Waals surface area contributed by atoms with Crippen molar-refractivity contribution in [2.75, 3.05) is 0 Å². The Kier molecular flexibility index (Phi) is 1.81. The van der Waals surface area contributed by atoms with Crippen molar-refractivity contribution in [3.8, 4) is 0 Å². The van der Waals surface area contributed by atoms with Gasteiger partial charge < -0.3 is 0 Å². The van der Waals surface area contributed by atoms with Crippen molar-refractivity contribution in [3.05, 3.63) is 45.5 Å². The van der Waals surface area contributed by atoms with Crippen LogP contribution in [0.1, 0.15) is 5.56 Å². The third kappa shape index (κ3) is 1.42. The topological polar surface area (TPSA) is 34.4 Å². The number of nitrogens with zero attached hydrogens (tertiary/aromatic N) is 2. The molecule has 2 aromatic heterocycles. The van der Waals surface area contributed by atoms with Crippen LogP contribution in [-0.2, 0) is 0 Å². The molecule has 2 rings (SSSR count). The van der Waals surface area contributed by atoms with Gasteiger partial charge in [0.25, 0.3) is 5.56 Å². The number of hydrogen-bond acceptors (Lipinski definition) is 2. The van der Waals surface area contributed by atoms with E-state index in [1.54, 1.807) is 6.20 Å². The van der Waals surface area contributed by atoms with Crippen LogP contribution in [0.25, 0.3) is 5.65 Å². The van der Waals surface area contributed by atoms with Gasteiger partial charge in [-0.25, -0.2) is 4.98 Å². The van der Waals surface area contributed by atoms with Gasteiger partial charge in [-0.15, -0.1) is 0 Å². The number of hydrogen-bond donors (Lipinski definition) is 0. The molecule has 2 heterocycles. The summed E-state index contributed by atoms with van der Waals surface area (Å²) in [5.41, 5.74) is 1.47. The molecule has 3 nitrogen and oxygen atoms in total. The number of aromatic nitrogens is 2. The zero-order valence-electron chi connectivity index (χ0n) is 6.99. The molecule has 0 radical (unpaired) electrons. The van der Waals surface area contributed by atoms with Crippen molar-refractivity contribution in [3.63, 3.8) is 0 Å². The minimum Gasteiger partial charge on any atom is -0.269 e. The summed E-state index contributed by atoms with van der Waals surface area (Å²) in [4.78, 5) is 15.4. The summed E-state index contributed by atoms with van der Waals surface area (Å²) in [6.07, 6.45) is 1.69. The Morgan fingerprint density at radius 3 is 3.00 bits per heavy atom. The molecule has 13 heavy (non-hydrogen) atoms. The van der Waals surface area contributed by atoms with Crippen LogP contribution in [0.15, 0.2) is 29.2 Å². The molecule has 0 spiro atoms. The smallest absolute Gasteiger partial charge is 0.259 e. The van der Waals surface area contributed by atoms with Crippen molar-refractivity contribution < 1.29 is 0 Å². The maximum absolute atomic E-state index is 11.3. The van der Waals surface area contributed by atoms with Crippen molar-refractivity contribution in [1.82, 2.24) is 9.38 Å². The summed E-state index contributed by atoms with van der Waals surface area (Å²) >= 11 is 5.65. The number of pyridine rings is 1. The molecule has 0 amide bonds. The first kappa shape index (κ1) is 8.26. The van der Waals surface area contributed by atoms with E-state index in [0.29, 0.717) is 5.65 Å². The second-order valence-electron chi connectivity index (χ2n) is 2.85. The van der Waals surface area contributed by atoms with E-state index in [4.69, 9.17) is 11.6 Å². The minimum atomic E-state index is -0.157. The number of rotatable bonds is 0. The molecule has 0 bridgehead atoms. The highest BCUT2D eigenvalue weighted by Gasteiger charge is 1.99. The average molecular weight is 195 g/mol. The largest absolute Gasteiger partial charge is 0.269 e. The van der Waals surface area contributed by atoms with E-state index in [0.717, 1.165) is 5.56 Å². The summed E-state index contributed by atoms with van der Waals surface area (Å²) in [7, 11) is 0. The highest BCUT2D eigenvalue weighted by molar-refractivity contribution is 6.29. The summed E-state index contributed by atoms with van der Waals surface area (Å²) in [5, 5.41) is 0.232. The molecule has 0 unspecified atom stereocenters. The van der Waals surface area contributed by atoms with Gasteiger partial charge in [-0.2, -0.15) is 0 Å². The number of fused-ring (bicyclic) bond motifs is 1. The van der Waals surface area contributed by atoms with E-state index < -0.39 is 0 Å². The highest BCUT2D eigenvalue weighted by atomic mass is 35.5. The van der Waals surface area contributed by atoms with Crippen LogP contribution in [0.2, 0.25) is 5.15 Å². The Balaban J connectivity index is 2.95. The van der Waals surface area contributed by atoms with Crippen LogP contribution >= 0.6 is 11.6 Å². The lowest BCUT2D eigenvalue weighted by atomic mass is 10.3. The lowest BCUT2D eigenvalue weighted by Gasteiger charge is -2.00. The fourth-order valence-electron chi connectivity index (χ4n) is 1.18. The van der Waals surface area contributed by atoms with Crippen LogP contribution in [0.5, 0.6) is 0 Å². The first-order valence-electron chi connectivity index (χ1n) is 3.82.